The lowest BCUT2D eigenvalue weighted by atomic mass is 9.92. The fourth-order valence-corrected chi connectivity index (χ4v) is 2.53. The van der Waals surface area contributed by atoms with Crippen LogP contribution in [0.4, 0.5) is 4.39 Å². The van der Waals surface area contributed by atoms with Crippen molar-refractivity contribution in [3.63, 3.8) is 0 Å². The van der Waals surface area contributed by atoms with Crippen LogP contribution in [-0.2, 0) is 20.7 Å². The predicted molar refractivity (Wildman–Crippen MR) is 92.2 cm³/mol. The number of ether oxygens (including phenoxy) is 1. The molecule has 1 N–H and O–H groups in total. The van der Waals surface area contributed by atoms with E-state index >= 15 is 0 Å². The van der Waals surface area contributed by atoms with Crippen molar-refractivity contribution in [3.05, 3.63) is 35.6 Å². The van der Waals surface area contributed by atoms with Crippen molar-refractivity contribution in [2.45, 2.75) is 71.1 Å². The van der Waals surface area contributed by atoms with Gasteiger partial charge in [-0.1, -0.05) is 19.1 Å². The van der Waals surface area contributed by atoms with Gasteiger partial charge < -0.3 is 10.1 Å². The number of carbonyl (C=O) groups excluding carboxylic acids is 2. The number of halogens is 1. The van der Waals surface area contributed by atoms with Crippen LogP contribution < -0.4 is 5.32 Å². The summed E-state index contributed by atoms with van der Waals surface area (Å²) in [5, 5.41) is 3.48. The van der Waals surface area contributed by atoms with Gasteiger partial charge in [0, 0.05) is 24.9 Å². The molecule has 1 saturated heterocycles. The Balaban J connectivity index is 0.000000351. The lowest BCUT2D eigenvalue weighted by Gasteiger charge is -2.29. The molecule has 0 aromatic heterocycles. The van der Waals surface area contributed by atoms with Gasteiger partial charge in [0.1, 0.15) is 17.2 Å². The summed E-state index contributed by atoms with van der Waals surface area (Å²) in [6, 6.07) is 7.02. The van der Waals surface area contributed by atoms with Crippen LogP contribution in [0.1, 0.15) is 52.5 Å². The highest BCUT2D eigenvalue weighted by molar-refractivity contribution is 5.80. The Labute approximate surface area is 143 Å². The van der Waals surface area contributed by atoms with Gasteiger partial charge in [-0.25, -0.2) is 4.39 Å². The molecule has 1 fully saturated rings. The van der Waals surface area contributed by atoms with E-state index in [1.807, 2.05) is 20.8 Å². The van der Waals surface area contributed by atoms with Crippen LogP contribution in [0.2, 0.25) is 0 Å². The lowest BCUT2D eigenvalue weighted by molar-refractivity contribution is -0.138. The standard InChI is InChI=1S/C14H18FNO.C5H10O2/c1-2-12-8-14(17)9-13(16-12)7-10-3-5-11(15)6-4-10;1-5(2,3)7-4-6/h3-6,12-13,16H,2,7-9H2,1H3;4H,1-3H3. The Morgan fingerprint density at radius 3 is 2.25 bits per heavy atom. The molecule has 1 aromatic carbocycles. The second-order valence-electron chi connectivity index (χ2n) is 7.07. The minimum atomic E-state index is -0.318. The molecule has 2 rings (SSSR count). The van der Waals surface area contributed by atoms with E-state index in [9.17, 15) is 14.0 Å². The number of ketones is 1. The third-order valence-corrected chi connectivity index (χ3v) is 3.71. The Morgan fingerprint density at radius 2 is 1.79 bits per heavy atom. The van der Waals surface area contributed by atoms with Crippen LogP contribution in [0.5, 0.6) is 0 Å². The minimum absolute atomic E-state index is 0.201. The van der Waals surface area contributed by atoms with Crippen LogP contribution in [-0.4, -0.2) is 29.9 Å². The summed E-state index contributed by atoms with van der Waals surface area (Å²) in [7, 11) is 0. The van der Waals surface area contributed by atoms with E-state index in [0.717, 1.165) is 18.4 Å². The molecule has 1 aliphatic rings. The van der Waals surface area contributed by atoms with Gasteiger partial charge in [0.05, 0.1) is 0 Å². The van der Waals surface area contributed by atoms with E-state index in [1.54, 1.807) is 12.1 Å². The van der Waals surface area contributed by atoms with Crippen molar-refractivity contribution in [1.82, 2.24) is 5.32 Å². The lowest BCUT2D eigenvalue weighted by Crippen LogP contribution is -2.46. The molecule has 2 atom stereocenters. The Kier molecular flexibility index (Phi) is 8.05. The van der Waals surface area contributed by atoms with Crippen molar-refractivity contribution >= 4 is 12.3 Å². The molecule has 0 amide bonds. The minimum Gasteiger partial charge on any atom is -0.462 e. The summed E-state index contributed by atoms with van der Waals surface area (Å²) in [5.74, 6) is 0.121. The van der Waals surface area contributed by atoms with Gasteiger partial charge in [-0.3, -0.25) is 9.59 Å². The molecule has 0 radical (unpaired) electrons. The second kappa shape index (κ2) is 9.52. The van der Waals surface area contributed by atoms with Gasteiger partial charge >= 0.3 is 0 Å². The number of Topliss-reactive ketones (excluding diaryl/α,β-unsaturated/α-hetero) is 1. The van der Waals surface area contributed by atoms with Gasteiger partial charge in [-0.05, 0) is 51.3 Å². The molecular weight excluding hydrogens is 309 g/mol. The third kappa shape index (κ3) is 8.20. The van der Waals surface area contributed by atoms with Gasteiger partial charge in [0.25, 0.3) is 6.47 Å². The first-order chi connectivity index (χ1) is 11.2. The predicted octanol–water partition coefficient (Wildman–Crippen LogP) is 3.43. The SMILES string of the molecule is CC(C)(C)OC=O.CCC1CC(=O)CC(Cc2ccc(F)cc2)N1. The monoisotopic (exact) mass is 337 g/mol. The molecule has 0 spiro atoms. The molecule has 5 heteroatoms. The maximum absolute atomic E-state index is 12.8. The number of hydrogen-bond donors (Lipinski definition) is 1. The van der Waals surface area contributed by atoms with Gasteiger partial charge in [-0.15, -0.1) is 0 Å². The summed E-state index contributed by atoms with van der Waals surface area (Å²) in [4.78, 5) is 21.2. The zero-order chi connectivity index (χ0) is 18.2. The number of nitrogens with one attached hydrogen (secondary N) is 1. The summed E-state index contributed by atoms with van der Waals surface area (Å²) in [6.45, 7) is 8.01. The molecule has 0 saturated carbocycles. The fraction of sp³-hybridized carbons (Fsp3) is 0.579. The van der Waals surface area contributed by atoms with Crippen LogP contribution in [0.25, 0.3) is 0 Å². The summed E-state index contributed by atoms with van der Waals surface area (Å²) in [6.07, 6.45) is 3.01. The quantitative estimate of drug-likeness (QED) is 0.855. The maximum atomic E-state index is 12.8. The van der Waals surface area contributed by atoms with Crippen LogP contribution in [0, 0.1) is 5.82 Å². The zero-order valence-corrected chi connectivity index (χ0v) is 15.0. The highest BCUT2D eigenvalue weighted by atomic mass is 19.1. The van der Waals surface area contributed by atoms with Crippen molar-refractivity contribution in [3.8, 4) is 0 Å². The van der Waals surface area contributed by atoms with E-state index in [1.165, 1.54) is 12.1 Å². The van der Waals surface area contributed by atoms with Crippen LogP contribution in [0.15, 0.2) is 24.3 Å². The molecular formula is C19H28FNO3. The molecule has 134 valence electrons. The normalized spacial score (nSPS) is 20.8. The highest BCUT2D eigenvalue weighted by Gasteiger charge is 2.25. The number of hydrogen-bond acceptors (Lipinski definition) is 4. The smallest absolute Gasteiger partial charge is 0.293 e. The van der Waals surface area contributed by atoms with Gasteiger partial charge in [0.2, 0.25) is 0 Å². The van der Waals surface area contributed by atoms with Crippen molar-refractivity contribution in [2.24, 2.45) is 0 Å². The van der Waals surface area contributed by atoms with Crippen molar-refractivity contribution in [2.75, 3.05) is 0 Å². The molecule has 0 bridgehead atoms. The Hall–Kier alpha value is -1.75. The number of carbonyl (C=O) groups is 2. The maximum Gasteiger partial charge on any atom is 0.293 e. The van der Waals surface area contributed by atoms with E-state index in [2.05, 4.69) is 17.0 Å². The van der Waals surface area contributed by atoms with Crippen LogP contribution >= 0.6 is 0 Å². The molecule has 1 aromatic rings. The largest absolute Gasteiger partial charge is 0.462 e. The first-order valence-electron chi connectivity index (χ1n) is 8.37. The summed E-state index contributed by atoms with van der Waals surface area (Å²) in [5.41, 5.74) is 0.760. The third-order valence-electron chi connectivity index (χ3n) is 3.71. The van der Waals surface area contributed by atoms with Crippen molar-refractivity contribution < 1.29 is 18.7 Å². The van der Waals surface area contributed by atoms with E-state index in [0.29, 0.717) is 31.1 Å². The van der Waals surface area contributed by atoms with E-state index in [-0.39, 0.29) is 17.5 Å². The van der Waals surface area contributed by atoms with Crippen molar-refractivity contribution in [1.29, 1.82) is 0 Å². The Bertz CT molecular complexity index is 522. The van der Waals surface area contributed by atoms with E-state index in [4.69, 9.17) is 0 Å². The summed E-state index contributed by atoms with van der Waals surface area (Å²) >= 11 is 0. The second-order valence-corrected chi connectivity index (χ2v) is 7.07. The molecule has 1 aliphatic heterocycles. The molecule has 4 nitrogen and oxygen atoms in total. The van der Waals surface area contributed by atoms with E-state index < -0.39 is 0 Å². The molecule has 24 heavy (non-hydrogen) atoms. The highest BCUT2D eigenvalue weighted by Crippen LogP contribution is 2.16. The first kappa shape index (κ1) is 20.3. The number of benzene rings is 1. The van der Waals surface area contributed by atoms with Gasteiger partial charge in [-0.2, -0.15) is 0 Å². The zero-order valence-electron chi connectivity index (χ0n) is 15.0. The average Bonchev–Trinajstić information content (AvgIpc) is 2.48. The summed E-state index contributed by atoms with van der Waals surface area (Å²) < 4.78 is 17.3. The van der Waals surface area contributed by atoms with Crippen LogP contribution in [0.3, 0.4) is 0 Å². The molecule has 0 aliphatic carbocycles. The average molecular weight is 337 g/mol. The number of rotatable bonds is 4. The van der Waals surface area contributed by atoms with Gasteiger partial charge in [0.15, 0.2) is 0 Å². The first-order valence-corrected chi connectivity index (χ1v) is 8.37. The number of piperidine rings is 1. The topological polar surface area (TPSA) is 55.4 Å². The fourth-order valence-electron chi connectivity index (χ4n) is 2.53. The molecule has 2 unspecified atom stereocenters. The Morgan fingerprint density at radius 1 is 1.21 bits per heavy atom. The molecule has 1 heterocycles.